The minimum absolute atomic E-state index is 0.114. The highest BCUT2D eigenvalue weighted by Gasteiger charge is 2.52. The van der Waals surface area contributed by atoms with Crippen LogP contribution < -0.4 is 4.74 Å². The Morgan fingerprint density at radius 1 is 1.29 bits per heavy atom. The number of carbonyl (C=O) groups is 1. The number of carboxylic acids is 1. The molecule has 1 heterocycles. The van der Waals surface area contributed by atoms with Crippen LogP contribution in [0.2, 0.25) is 0 Å². The predicted molar refractivity (Wildman–Crippen MR) is 70.4 cm³/mol. The zero-order chi connectivity index (χ0) is 16.0. The van der Waals surface area contributed by atoms with Gasteiger partial charge in [0.25, 0.3) is 0 Å². The van der Waals surface area contributed by atoms with Crippen LogP contribution in [0.5, 0.6) is 5.75 Å². The molecule has 0 spiro atoms. The molecule has 6 heteroatoms. The third kappa shape index (κ3) is 3.14. The summed E-state index contributed by atoms with van der Waals surface area (Å²) in [5.41, 5.74) is 1.27. The van der Waals surface area contributed by atoms with Crippen molar-refractivity contribution in [3.8, 4) is 5.75 Å². The number of carboxylic acid groups (broad SMARTS) is 1. The summed E-state index contributed by atoms with van der Waals surface area (Å²) in [5.74, 6) is -3.00. The van der Waals surface area contributed by atoms with Crippen LogP contribution in [0.3, 0.4) is 0 Å². The molecular weight excluding hydrogens is 285 g/mol. The SMILES string of the molecule is CC(C)(C)c1ccc2c(c1)CC(C(=O)O)C(C(F)(F)F)O2. The molecule has 1 N–H and O–H groups in total. The Morgan fingerprint density at radius 2 is 1.90 bits per heavy atom. The Balaban J connectivity index is 2.43. The Hall–Kier alpha value is -1.72. The first kappa shape index (κ1) is 15.7. The van der Waals surface area contributed by atoms with Gasteiger partial charge in [-0.25, -0.2) is 0 Å². The lowest BCUT2D eigenvalue weighted by atomic mass is 9.83. The van der Waals surface area contributed by atoms with Crippen LogP contribution >= 0.6 is 0 Å². The minimum atomic E-state index is -4.70. The van der Waals surface area contributed by atoms with Gasteiger partial charge in [0.2, 0.25) is 6.10 Å². The van der Waals surface area contributed by atoms with E-state index in [1.165, 1.54) is 6.07 Å². The molecule has 1 aromatic carbocycles. The number of halogens is 3. The number of rotatable bonds is 1. The Labute approximate surface area is 120 Å². The molecule has 0 aromatic heterocycles. The van der Waals surface area contributed by atoms with Gasteiger partial charge in [0.05, 0.1) is 0 Å². The summed E-state index contributed by atoms with van der Waals surface area (Å²) in [6.45, 7) is 5.93. The van der Waals surface area contributed by atoms with Crippen molar-refractivity contribution in [3.63, 3.8) is 0 Å². The van der Waals surface area contributed by atoms with Gasteiger partial charge >= 0.3 is 12.1 Å². The number of fused-ring (bicyclic) bond motifs is 1. The van der Waals surface area contributed by atoms with Gasteiger partial charge in [-0.05, 0) is 29.0 Å². The maximum absolute atomic E-state index is 12.9. The van der Waals surface area contributed by atoms with Gasteiger partial charge in [-0.3, -0.25) is 4.79 Å². The first-order valence-corrected chi connectivity index (χ1v) is 6.60. The van der Waals surface area contributed by atoms with Crippen LogP contribution in [-0.4, -0.2) is 23.4 Å². The second-order valence-corrected chi connectivity index (χ2v) is 6.30. The van der Waals surface area contributed by atoms with E-state index in [0.717, 1.165) is 5.56 Å². The molecule has 1 aliphatic rings. The monoisotopic (exact) mass is 302 g/mol. The lowest BCUT2D eigenvalue weighted by Crippen LogP contribution is -2.47. The smallest absolute Gasteiger partial charge is 0.426 e. The second kappa shape index (κ2) is 4.93. The van der Waals surface area contributed by atoms with E-state index in [1.807, 2.05) is 20.8 Å². The van der Waals surface area contributed by atoms with Crippen molar-refractivity contribution in [2.75, 3.05) is 0 Å². The van der Waals surface area contributed by atoms with Crippen LogP contribution in [-0.2, 0) is 16.6 Å². The van der Waals surface area contributed by atoms with Gasteiger partial charge < -0.3 is 9.84 Å². The standard InChI is InChI=1S/C15H17F3O3/c1-14(2,3)9-4-5-11-8(6-9)7-10(13(19)20)12(21-11)15(16,17)18/h4-6,10,12H,7H2,1-3H3,(H,19,20). The number of alkyl halides is 3. The summed E-state index contributed by atoms with van der Waals surface area (Å²) in [7, 11) is 0. The molecule has 0 saturated carbocycles. The van der Waals surface area contributed by atoms with Gasteiger partial charge in [0.1, 0.15) is 11.7 Å². The van der Waals surface area contributed by atoms with E-state index < -0.39 is 24.2 Å². The van der Waals surface area contributed by atoms with Crippen molar-refractivity contribution in [3.05, 3.63) is 29.3 Å². The Morgan fingerprint density at radius 3 is 2.38 bits per heavy atom. The minimum Gasteiger partial charge on any atom is -0.481 e. The topological polar surface area (TPSA) is 46.5 Å². The van der Waals surface area contributed by atoms with Crippen molar-refractivity contribution in [1.82, 2.24) is 0 Å². The quantitative estimate of drug-likeness (QED) is 0.863. The van der Waals surface area contributed by atoms with Crippen molar-refractivity contribution >= 4 is 5.97 Å². The fourth-order valence-electron chi connectivity index (χ4n) is 2.40. The van der Waals surface area contributed by atoms with Gasteiger partial charge in [0.15, 0.2) is 0 Å². The molecule has 0 radical (unpaired) electrons. The van der Waals surface area contributed by atoms with Crippen LogP contribution in [0.15, 0.2) is 18.2 Å². The number of ether oxygens (including phenoxy) is 1. The summed E-state index contributed by atoms with van der Waals surface area (Å²) in [6.07, 6.45) is -7.19. The van der Waals surface area contributed by atoms with E-state index in [2.05, 4.69) is 0 Å². The van der Waals surface area contributed by atoms with Crippen LogP contribution in [0.1, 0.15) is 31.9 Å². The molecule has 1 aliphatic heterocycles. The van der Waals surface area contributed by atoms with E-state index in [1.54, 1.807) is 12.1 Å². The van der Waals surface area contributed by atoms with E-state index in [-0.39, 0.29) is 17.6 Å². The maximum atomic E-state index is 12.9. The summed E-state index contributed by atoms with van der Waals surface area (Å²) in [4.78, 5) is 11.1. The number of hydrogen-bond donors (Lipinski definition) is 1. The number of hydrogen-bond acceptors (Lipinski definition) is 2. The molecule has 0 fully saturated rings. The van der Waals surface area contributed by atoms with Crippen molar-refractivity contribution in [1.29, 1.82) is 0 Å². The third-order valence-corrected chi connectivity index (χ3v) is 3.63. The summed E-state index contributed by atoms with van der Waals surface area (Å²) >= 11 is 0. The summed E-state index contributed by atoms with van der Waals surface area (Å²) < 4.78 is 43.7. The Bertz CT molecular complexity index is 558. The molecule has 0 bridgehead atoms. The Kier molecular flexibility index (Phi) is 3.68. The number of benzene rings is 1. The van der Waals surface area contributed by atoms with Gasteiger partial charge in [-0.1, -0.05) is 32.9 Å². The molecule has 1 aromatic rings. The van der Waals surface area contributed by atoms with Crippen molar-refractivity contribution in [2.24, 2.45) is 5.92 Å². The molecule has 0 saturated heterocycles. The average molecular weight is 302 g/mol. The average Bonchev–Trinajstić information content (AvgIpc) is 2.34. The zero-order valence-corrected chi connectivity index (χ0v) is 12.0. The summed E-state index contributed by atoms with van der Waals surface area (Å²) in [5, 5.41) is 9.05. The molecule has 2 rings (SSSR count). The van der Waals surface area contributed by atoms with Gasteiger partial charge in [-0.2, -0.15) is 13.2 Å². The van der Waals surface area contributed by atoms with Gasteiger partial charge in [0, 0.05) is 0 Å². The van der Waals surface area contributed by atoms with E-state index in [4.69, 9.17) is 9.84 Å². The normalized spacial score (nSPS) is 22.4. The van der Waals surface area contributed by atoms with Gasteiger partial charge in [-0.15, -0.1) is 0 Å². The summed E-state index contributed by atoms with van der Waals surface area (Å²) in [6, 6.07) is 4.94. The molecular formula is C15H17F3O3. The highest BCUT2D eigenvalue weighted by atomic mass is 19.4. The number of aliphatic carboxylic acids is 1. The fraction of sp³-hybridized carbons (Fsp3) is 0.533. The first-order chi connectivity index (χ1) is 9.50. The molecule has 0 aliphatic carbocycles. The molecule has 21 heavy (non-hydrogen) atoms. The highest BCUT2D eigenvalue weighted by molar-refractivity contribution is 5.72. The van der Waals surface area contributed by atoms with Crippen LogP contribution in [0.25, 0.3) is 0 Å². The maximum Gasteiger partial charge on any atom is 0.426 e. The third-order valence-electron chi connectivity index (χ3n) is 3.63. The molecule has 3 nitrogen and oxygen atoms in total. The lowest BCUT2D eigenvalue weighted by molar-refractivity contribution is -0.217. The second-order valence-electron chi connectivity index (χ2n) is 6.30. The highest BCUT2D eigenvalue weighted by Crippen LogP contribution is 2.39. The van der Waals surface area contributed by atoms with Crippen LogP contribution in [0.4, 0.5) is 13.2 Å². The lowest BCUT2D eigenvalue weighted by Gasteiger charge is -2.33. The van der Waals surface area contributed by atoms with Crippen molar-refractivity contribution < 1.29 is 27.8 Å². The van der Waals surface area contributed by atoms with E-state index >= 15 is 0 Å². The van der Waals surface area contributed by atoms with Crippen molar-refractivity contribution in [2.45, 2.75) is 44.9 Å². The molecule has 2 unspecified atom stereocenters. The fourth-order valence-corrected chi connectivity index (χ4v) is 2.40. The first-order valence-electron chi connectivity index (χ1n) is 6.60. The molecule has 0 amide bonds. The van der Waals surface area contributed by atoms with E-state index in [0.29, 0.717) is 5.56 Å². The zero-order valence-electron chi connectivity index (χ0n) is 12.0. The predicted octanol–water partition coefficient (Wildman–Crippen LogP) is 3.55. The van der Waals surface area contributed by atoms with Crippen LogP contribution in [0, 0.1) is 5.92 Å². The van der Waals surface area contributed by atoms with E-state index in [9.17, 15) is 18.0 Å². The largest absolute Gasteiger partial charge is 0.481 e. The molecule has 116 valence electrons. The molecule has 2 atom stereocenters.